The Kier molecular flexibility index (Phi) is 3.07. The van der Waals surface area contributed by atoms with Gasteiger partial charge in [0.1, 0.15) is 0 Å². The van der Waals surface area contributed by atoms with Crippen LogP contribution < -0.4 is 0 Å². The van der Waals surface area contributed by atoms with Crippen molar-refractivity contribution in [2.24, 2.45) is 11.3 Å². The molecule has 1 nitrogen and oxygen atoms in total. The summed E-state index contributed by atoms with van der Waals surface area (Å²) in [5.41, 5.74) is 1.57. The maximum Gasteiger partial charge on any atom is 0.0406 e. The summed E-state index contributed by atoms with van der Waals surface area (Å²) in [5, 5.41) is 0. The molecule has 0 spiro atoms. The van der Waals surface area contributed by atoms with Gasteiger partial charge in [-0.15, -0.1) is 0 Å². The van der Waals surface area contributed by atoms with Crippen molar-refractivity contribution in [3.8, 4) is 0 Å². The second-order valence-electron chi connectivity index (χ2n) is 4.79. The first-order valence-electron chi connectivity index (χ1n) is 4.90. The summed E-state index contributed by atoms with van der Waals surface area (Å²) in [5.74, 6) is 0.669. The van der Waals surface area contributed by atoms with E-state index in [0.717, 1.165) is 6.42 Å². The molecule has 0 bridgehead atoms. The summed E-state index contributed by atoms with van der Waals surface area (Å²) < 4.78 is 0. The van der Waals surface area contributed by atoms with Crippen molar-refractivity contribution < 1.29 is 0 Å². The predicted molar refractivity (Wildman–Crippen MR) is 56.6 cm³/mol. The van der Waals surface area contributed by atoms with Crippen LogP contribution in [0, 0.1) is 11.3 Å². The Morgan fingerprint density at radius 1 is 1.31 bits per heavy atom. The summed E-state index contributed by atoms with van der Waals surface area (Å²) in [6, 6.07) is 6.12. The summed E-state index contributed by atoms with van der Waals surface area (Å²) in [4.78, 5) is 4.33. The monoisotopic (exact) mass is 177 g/mol. The molecule has 0 fully saturated rings. The summed E-state index contributed by atoms with van der Waals surface area (Å²) >= 11 is 0. The molecule has 72 valence electrons. The van der Waals surface area contributed by atoms with Gasteiger partial charge in [0, 0.05) is 11.9 Å². The fourth-order valence-corrected chi connectivity index (χ4v) is 1.14. The second-order valence-corrected chi connectivity index (χ2v) is 4.79. The Morgan fingerprint density at radius 3 is 2.46 bits per heavy atom. The molecule has 0 saturated heterocycles. The van der Waals surface area contributed by atoms with Gasteiger partial charge in [-0.3, -0.25) is 4.98 Å². The van der Waals surface area contributed by atoms with Gasteiger partial charge in [-0.05, 0) is 29.9 Å². The normalized spacial score (nSPS) is 14.2. The van der Waals surface area contributed by atoms with Crippen molar-refractivity contribution in [3.05, 3.63) is 30.1 Å². The van der Waals surface area contributed by atoms with Gasteiger partial charge in [0.25, 0.3) is 0 Å². The van der Waals surface area contributed by atoms with Crippen LogP contribution in [-0.2, 0) is 6.42 Å². The van der Waals surface area contributed by atoms with Crippen LogP contribution in [0.25, 0.3) is 0 Å². The molecule has 0 aromatic carbocycles. The zero-order valence-electron chi connectivity index (χ0n) is 9.04. The molecule has 1 heteroatoms. The van der Waals surface area contributed by atoms with Gasteiger partial charge in [-0.1, -0.05) is 33.8 Å². The molecule has 0 unspecified atom stereocenters. The van der Waals surface area contributed by atoms with E-state index >= 15 is 0 Å². The first kappa shape index (κ1) is 10.2. The van der Waals surface area contributed by atoms with Crippen LogP contribution in [0.3, 0.4) is 0 Å². The van der Waals surface area contributed by atoms with Crippen LogP contribution in [0.1, 0.15) is 33.4 Å². The lowest BCUT2D eigenvalue weighted by Crippen LogP contribution is -2.19. The maximum atomic E-state index is 4.33. The highest BCUT2D eigenvalue weighted by atomic mass is 14.7. The lowest BCUT2D eigenvalue weighted by molar-refractivity contribution is 0.258. The number of pyridine rings is 1. The lowest BCUT2D eigenvalue weighted by atomic mass is 9.79. The van der Waals surface area contributed by atoms with Crippen LogP contribution in [0.5, 0.6) is 0 Å². The van der Waals surface area contributed by atoms with E-state index in [4.69, 9.17) is 0 Å². The van der Waals surface area contributed by atoms with Crippen LogP contribution >= 0.6 is 0 Å². The first-order chi connectivity index (χ1) is 6.00. The average Bonchev–Trinajstić information content (AvgIpc) is 2.04. The zero-order valence-corrected chi connectivity index (χ0v) is 9.04. The average molecular weight is 177 g/mol. The van der Waals surface area contributed by atoms with Crippen LogP contribution in [-0.4, -0.2) is 4.98 Å². The first-order valence-corrected chi connectivity index (χ1v) is 4.90. The standard InChI is InChI=1S/C12H19N/c1-10(12(2,3)4)9-11-7-5-6-8-13-11/h5-8,10H,9H2,1-4H3/t10-/m0/s1. The SMILES string of the molecule is C[C@@H](Cc1ccccn1)C(C)(C)C. The van der Waals surface area contributed by atoms with Crippen LogP contribution in [0.15, 0.2) is 24.4 Å². The Morgan fingerprint density at radius 2 is 2.00 bits per heavy atom. The Labute approximate surface area is 81.2 Å². The van der Waals surface area contributed by atoms with Crippen molar-refractivity contribution in [1.29, 1.82) is 0 Å². The minimum Gasteiger partial charge on any atom is -0.261 e. The predicted octanol–water partition coefficient (Wildman–Crippen LogP) is 3.31. The molecule has 0 N–H and O–H groups in total. The third kappa shape index (κ3) is 3.17. The van der Waals surface area contributed by atoms with Gasteiger partial charge in [-0.25, -0.2) is 0 Å². The fourth-order valence-electron chi connectivity index (χ4n) is 1.14. The third-order valence-corrected chi connectivity index (χ3v) is 2.72. The van der Waals surface area contributed by atoms with Gasteiger partial charge in [0.05, 0.1) is 0 Å². The van der Waals surface area contributed by atoms with Gasteiger partial charge in [0.15, 0.2) is 0 Å². The van der Waals surface area contributed by atoms with Gasteiger partial charge in [0.2, 0.25) is 0 Å². The molecule has 1 atom stereocenters. The molecule has 0 aliphatic rings. The zero-order chi connectivity index (χ0) is 9.90. The highest BCUT2D eigenvalue weighted by Gasteiger charge is 2.20. The highest BCUT2D eigenvalue weighted by molar-refractivity contribution is 5.04. The Bertz CT molecular complexity index is 246. The maximum absolute atomic E-state index is 4.33. The minimum atomic E-state index is 0.373. The quantitative estimate of drug-likeness (QED) is 0.675. The second kappa shape index (κ2) is 3.91. The van der Waals surface area contributed by atoms with Crippen molar-refractivity contribution in [2.75, 3.05) is 0 Å². The van der Waals surface area contributed by atoms with Crippen molar-refractivity contribution >= 4 is 0 Å². The van der Waals surface area contributed by atoms with Crippen molar-refractivity contribution in [3.63, 3.8) is 0 Å². The number of aromatic nitrogens is 1. The van der Waals surface area contributed by atoms with Crippen molar-refractivity contribution in [1.82, 2.24) is 4.98 Å². The Hall–Kier alpha value is -0.850. The number of hydrogen-bond donors (Lipinski definition) is 0. The van der Waals surface area contributed by atoms with E-state index in [2.05, 4.69) is 44.8 Å². The topological polar surface area (TPSA) is 12.9 Å². The van der Waals surface area contributed by atoms with E-state index in [1.807, 2.05) is 12.3 Å². The fraction of sp³-hybridized carbons (Fsp3) is 0.583. The van der Waals surface area contributed by atoms with Gasteiger partial charge < -0.3 is 0 Å². The number of hydrogen-bond acceptors (Lipinski definition) is 1. The Balaban J connectivity index is 2.61. The molecule has 0 aliphatic carbocycles. The molecular weight excluding hydrogens is 158 g/mol. The molecule has 1 heterocycles. The number of nitrogens with zero attached hydrogens (tertiary/aromatic N) is 1. The minimum absolute atomic E-state index is 0.373. The van der Waals surface area contributed by atoms with Gasteiger partial charge >= 0.3 is 0 Å². The van der Waals surface area contributed by atoms with E-state index in [0.29, 0.717) is 11.3 Å². The van der Waals surface area contributed by atoms with E-state index in [1.54, 1.807) is 0 Å². The molecule has 0 saturated carbocycles. The van der Waals surface area contributed by atoms with Crippen molar-refractivity contribution in [2.45, 2.75) is 34.1 Å². The third-order valence-electron chi connectivity index (χ3n) is 2.72. The molecule has 13 heavy (non-hydrogen) atoms. The highest BCUT2D eigenvalue weighted by Crippen LogP contribution is 2.27. The summed E-state index contributed by atoms with van der Waals surface area (Å²) in [6.45, 7) is 9.12. The van der Waals surface area contributed by atoms with E-state index < -0.39 is 0 Å². The number of rotatable bonds is 2. The molecule has 0 radical (unpaired) electrons. The van der Waals surface area contributed by atoms with Crippen LogP contribution in [0.4, 0.5) is 0 Å². The van der Waals surface area contributed by atoms with E-state index in [9.17, 15) is 0 Å². The smallest absolute Gasteiger partial charge is 0.0406 e. The molecule has 0 aliphatic heterocycles. The lowest BCUT2D eigenvalue weighted by Gasteiger charge is -2.26. The molecule has 1 aromatic heterocycles. The molecule has 1 aromatic rings. The van der Waals surface area contributed by atoms with E-state index in [1.165, 1.54) is 5.69 Å². The summed E-state index contributed by atoms with van der Waals surface area (Å²) in [7, 11) is 0. The molecule has 1 rings (SSSR count). The molecule has 0 amide bonds. The van der Waals surface area contributed by atoms with Gasteiger partial charge in [-0.2, -0.15) is 0 Å². The molecular formula is C12H19N. The summed E-state index contributed by atoms with van der Waals surface area (Å²) in [6.07, 6.45) is 2.94. The van der Waals surface area contributed by atoms with Crippen LogP contribution in [0.2, 0.25) is 0 Å². The largest absolute Gasteiger partial charge is 0.261 e. The van der Waals surface area contributed by atoms with E-state index in [-0.39, 0.29) is 0 Å².